The molecule has 3 aromatic rings. The molecule has 1 amide bonds. The molecule has 106 valence electrons. The molecule has 0 unspecified atom stereocenters. The predicted molar refractivity (Wildman–Crippen MR) is 84.8 cm³/mol. The standard InChI is InChI=1S/C15H12ClN3OS/c1-9-8-21-14(18-9)7-17-15(20)13-6-11(16)10-4-2-3-5-12(10)19-13/h2-6,8H,7H2,1H3,(H,17,20). The number of hydrogen-bond acceptors (Lipinski definition) is 4. The largest absolute Gasteiger partial charge is 0.344 e. The van der Waals surface area contributed by atoms with Gasteiger partial charge in [0.25, 0.3) is 5.91 Å². The number of nitrogens with zero attached hydrogens (tertiary/aromatic N) is 2. The van der Waals surface area contributed by atoms with Gasteiger partial charge in [0.05, 0.1) is 17.1 Å². The molecule has 21 heavy (non-hydrogen) atoms. The number of carbonyl (C=O) groups is 1. The lowest BCUT2D eigenvalue weighted by Crippen LogP contribution is -2.23. The Morgan fingerprint density at radius 1 is 1.33 bits per heavy atom. The van der Waals surface area contributed by atoms with Crippen molar-refractivity contribution in [3.05, 3.63) is 57.1 Å². The Morgan fingerprint density at radius 2 is 2.14 bits per heavy atom. The van der Waals surface area contributed by atoms with Gasteiger partial charge in [-0.3, -0.25) is 4.79 Å². The first-order valence-corrected chi connectivity index (χ1v) is 7.64. The summed E-state index contributed by atoms with van der Waals surface area (Å²) in [6.07, 6.45) is 0. The molecule has 0 radical (unpaired) electrons. The fraction of sp³-hybridized carbons (Fsp3) is 0.133. The Kier molecular flexibility index (Phi) is 3.86. The fourth-order valence-electron chi connectivity index (χ4n) is 1.98. The lowest BCUT2D eigenvalue weighted by molar-refractivity contribution is 0.0946. The summed E-state index contributed by atoms with van der Waals surface area (Å²) in [7, 11) is 0. The smallest absolute Gasteiger partial charge is 0.270 e. The molecule has 0 saturated carbocycles. The number of hydrogen-bond donors (Lipinski definition) is 1. The topological polar surface area (TPSA) is 54.9 Å². The van der Waals surface area contributed by atoms with Gasteiger partial charge >= 0.3 is 0 Å². The van der Waals surface area contributed by atoms with Crippen molar-refractivity contribution >= 4 is 39.7 Å². The number of aromatic nitrogens is 2. The first-order chi connectivity index (χ1) is 10.1. The van der Waals surface area contributed by atoms with Crippen molar-refractivity contribution in [3.63, 3.8) is 0 Å². The molecule has 3 rings (SSSR count). The lowest BCUT2D eigenvalue weighted by atomic mass is 10.2. The molecule has 0 aliphatic carbocycles. The number of fused-ring (bicyclic) bond motifs is 1. The minimum atomic E-state index is -0.254. The molecular formula is C15H12ClN3OS. The van der Waals surface area contributed by atoms with E-state index in [1.807, 2.05) is 36.6 Å². The molecule has 0 atom stereocenters. The van der Waals surface area contributed by atoms with Crippen LogP contribution in [0.4, 0.5) is 0 Å². The number of para-hydroxylation sites is 1. The van der Waals surface area contributed by atoms with Gasteiger partial charge in [-0.25, -0.2) is 9.97 Å². The molecule has 1 N–H and O–H groups in total. The highest BCUT2D eigenvalue weighted by atomic mass is 35.5. The van der Waals surface area contributed by atoms with Gasteiger partial charge in [-0.15, -0.1) is 11.3 Å². The zero-order valence-electron chi connectivity index (χ0n) is 11.3. The summed E-state index contributed by atoms with van der Waals surface area (Å²) >= 11 is 7.72. The van der Waals surface area contributed by atoms with Gasteiger partial charge in [0, 0.05) is 16.5 Å². The number of amides is 1. The van der Waals surface area contributed by atoms with Crippen LogP contribution in [0.3, 0.4) is 0 Å². The minimum absolute atomic E-state index is 0.254. The van der Waals surface area contributed by atoms with Crippen LogP contribution in [0.15, 0.2) is 35.7 Å². The Morgan fingerprint density at radius 3 is 2.90 bits per heavy atom. The molecule has 1 aromatic carbocycles. The van der Waals surface area contributed by atoms with Gasteiger partial charge in [-0.2, -0.15) is 0 Å². The number of thiazole rings is 1. The quantitative estimate of drug-likeness (QED) is 0.803. The van der Waals surface area contributed by atoms with Crippen LogP contribution in [0.2, 0.25) is 5.02 Å². The number of rotatable bonds is 3. The van der Waals surface area contributed by atoms with Crippen LogP contribution in [0.25, 0.3) is 10.9 Å². The number of nitrogens with one attached hydrogen (secondary N) is 1. The summed E-state index contributed by atoms with van der Waals surface area (Å²) in [5.74, 6) is -0.254. The highest BCUT2D eigenvalue weighted by molar-refractivity contribution is 7.09. The SMILES string of the molecule is Cc1csc(CNC(=O)c2cc(Cl)c3ccccc3n2)n1. The van der Waals surface area contributed by atoms with Crippen LogP contribution in [0.1, 0.15) is 21.2 Å². The molecule has 2 aromatic heterocycles. The molecule has 0 spiro atoms. The Bertz CT molecular complexity index is 816. The first kappa shape index (κ1) is 14.0. The number of benzene rings is 1. The van der Waals surface area contributed by atoms with Crippen LogP contribution < -0.4 is 5.32 Å². The molecule has 0 aliphatic rings. The number of carbonyl (C=O) groups excluding carboxylic acids is 1. The highest BCUT2D eigenvalue weighted by Gasteiger charge is 2.11. The van der Waals surface area contributed by atoms with Crippen molar-refractivity contribution in [3.8, 4) is 0 Å². The maximum absolute atomic E-state index is 12.2. The average Bonchev–Trinajstić information content (AvgIpc) is 2.90. The third kappa shape index (κ3) is 3.04. The van der Waals surface area contributed by atoms with E-state index in [9.17, 15) is 4.79 Å². The maximum Gasteiger partial charge on any atom is 0.270 e. The number of aryl methyl sites for hydroxylation is 1. The van der Waals surface area contributed by atoms with E-state index in [1.165, 1.54) is 11.3 Å². The van der Waals surface area contributed by atoms with Gasteiger partial charge in [0.1, 0.15) is 10.7 Å². The van der Waals surface area contributed by atoms with Gasteiger partial charge in [0.2, 0.25) is 0 Å². The van der Waals surface area contributed by atoms with Gasteiger partial charge in [0.15, 0.2) is 0 Å². The van der Waals surface area contributed by atoms with E-state index < -0.39 is 0 Å². The van der Waals surface area contributed by atoms with E-state index in [1.54, 1.807) is 6.07 Å². The number of halogens is 1. The maximum atomic E-state index is 12.2. The van der Waals surface area contributed by atoms with Crippen molar-refractivity contribution < 1.29 is 4.79 Å². The van der Waals surface area contributed by atoms with E-state index in [-0.39, 0.29) is 5.91 Å². The zero-order chi connectivity index (χ0) is 14.8. The lowest BCUT2D eigenvalue weighted by Gasteiger charge is -2.05. The van der Waals surface area contributed by atoms with Crippen LogP contribution in [-0.2, 0) is 6.54 Å². The van der Waals surface area contributed by atoms with Crippen LogP contribution in [0, 0.1) is 6.92 Å². The third-order valence-corrected chi connectivity index (χ3v) is 4.24. The molecule has 0 saturated heterocycles. The van der Waals surface area contributed by atoms with Gasteiger partial charge in [-0.1, -0.05) is 29.8 Å². The fourth-order valence-corrected chi connectivity index (χ4v) is 2.95. The predicted octanol–water partition coefficient (Wildman–Crippen LogP) is 3.58. The van der Waals surface area contributed by atoms with E-state index in [4.69, 9.17) is 11.6 Å². The second-order valence-corrected chi connectivity index (χ2v) is 5.92. The molecular weight excluding hydrogens is 306 g/mol. The van der Waals surface area contributed by atoms with Crippen molar-refractivity contribution in [2.45, 2.75) is 13.5 Å². The van der Waals surface area contributed by atoms with Gasteiger partial charge < -0.3 is 5.32 Å². The molecule has 4 nitrogen and oxygen atoms in total. The summed E-state index contributed by atoms with van der Waals surface area (Å²) in [6, 6.07) is 9.06. The van der Waals surface area contributed by atoms with Gasteiger partial charge in [-0.05, 0) is 19.1 Å². The Hall–Kier alpha value is -1.98. The summed E-state index contributed by atoms with van der Waals surface area (Å²) in [5.41, 5.74) is 1.98. The van der Waals surface area contributed by atoms with E-state index >= 15 is 0 Å². The monoisotopic (exact) mass is 317 g/mol. The number of pyridine rings is 1. The van der Waals surface area contributed by atoms with Crippen LogP contribution in [0.5, 0.6) is 0 Å². The molecule has 0 aliphatic heterocycles. The van der Waals surface area contributed by atoms with Crippen LogP contribution >= 0.6 is 22.9 Å². The zero-order valence-corrected chi connectivity index (χ0v) is 12.8. The van der Waals surface area contributed by atoms with Crippen molar-refractivity contribution in [2.24, 2.45) is 0 Å². The summed E-state index contributed by atoms with van der Waals surface area (Å²) in [5, 5.41) is 6.99. The third-order valence-electron chi connectivity index (χ3n) is 2.97. The van der Waals surface area contributed by atoms with Crippen LogP contribution in [-0.4, -0.2) is 15.9 Å². The van der Waals surface area contributed by atoms with E-state index in [0.717, 1.165) is 16.1 Å². The molecule has 0 fully saturated rings. The second-order valence-electron chi connectivity index (χ2n) is 4.57. The Labute approximate surface area is 130 Å². The average molecular weight is 318 g/mol. The Balaban J connectivity index is 1.81. The summed E-state index contributed by atoms with van der Waals surface area (Å²) in [6.45, 7) is 2.32. The summed E-state index contributed by atoms with van der Waals surface area (Å²) < 4.78 is 0. The molecule has 6 heteroatoms. The highest BCUT2D eigenvalue weighted by Crippen LogP contribution is 2.22. The first-order valence-electron chi connectivity index (χ1n) is 6.38. The van der Waals surface area contributed by atoms with Crippen molar-refractivity contribution in [1.29, 1.82) is 0 Å². The summed E-state index contributed by atoms with van der Waals surface area (Å²) in [4.78, 5) is 20.8. The second kappa shape index (κ2) is 5.79. The normalized spacial score (nSPS) is 10.8. The minimum Gasteiger partial charge on any atom is -0.344 e. The van der Waals surface area contributed by atoms with E-state index in [2.05, 4.69) is 15.3 Å². The molecule has 2 heterocycles. The van der Waals surface area contributed by atoms with E-state index in [0.29, 0.717) is 22.8 Å². The van der Waals surface area contributed by atoms with Crippen molar-refractivity contribution in [1.82, 2.24) is 15.3 Å². The molecule has 0 bridgehead atoms. The van der Waals surface area contributed by atoms with Crippen molar-refractivity contribution in [2.75, 3.05) is 0 Å².